The maximum atomic E-state index is 13.0. The number of Topliss-reactive ketones (excluding diaryl/α,β-unsaturated/α-hetero) is 1. The van der Waals surface area contributed by atoms with Crippen LogP contribution in [0.5, 0.6) is 0 Å². The molecule has 1 saturated carbocycles. The number of anilines is 1. The highest BCUT2D eigenvalue weighted by atomic mass is 32.1. The monoisotopic (exact) mass is 461 g/mol. The topological polar surface area (TPSA) is 117 Å². The number of esters is 2. The van der Waals surface area contributed by atoms with E-state index in [1.165, 1.54) is 36.4 Å². The van der Waals surface area contributed by atoms with Crippen LogP contribution in [0.25, 0.3) is 0 Å². The van der Waals surface area contributed by atoms with Crippen molar-refractivity contribution in [2.45, 2.75) is 44.6 Å². The van der Waals surface area contributed by atoms with Crippen molar-refractivity contribution in [2.75, 3.05) is 19.5 Å². The quantitative estimate of drug-likeness (QED) is 0.450. The van der Waals surface area contributed by atoms with Gasteiger partial charge < -0.3 is 14.8 Å². The molecule has 2 aromatic rings. The molecule has 2 aromatic heterocycles. The van der Waals surface area contributed by atoms with Crippen LogP contribution in [0.15, 0.2) is 29.9 Å². The molecule has 1 aliphatic carbocycles. The van der Waals surface area contributed by atoms with E-state index in [0.717, 1.165) is 12.8 Å². The number of thiophene rings is 1. The van der Waals surface area contributed by atoms with Crippen LogP contribution in [-0.4, -0.2) is 47.6 Å². The summed E-state index contributed by atoms with van der Waals surface area (Å²) in [4.78, 5) is 50.1. The van der Waals surface area contributed by atoms with E-state index in [1.807, 2.05) is 11.4 Å². The Morgan fingerprint density at radius 3 is 2.38 bits per heavy atom. The standard InChI is InChI=1S/C22H27N3O6S/c1-30-19(26)10-15(11-20(27)31-2)25-13-14(12-23-25)24-22(29)17-7-4-3-6-16(17)21(28)18-8-5-9-32-18/h5,8-9,12-13,15-17H,3-4,6-7,10-11H2,1-2H3,(H,24,29)/t16-,17-/m1/s1. The summed E-state index contributed by atoms with van der Waals surface area (Å²) in [7, 11) is 2.54. The Labute approximate surface area is 190 Å². The number of hydrogen-bond donors (Lipinski definition) is 1. The molecule has 10 heteroatoms. The molecule has 0 spiro atoms. The number of carbonyl (C=O) groups excluding carboxylic acids is 4. The van der Waals surface area contributed by atoms with Gasteiger partial charge in [-0.05, 0) is 24.3 Å². The van der Waals surface area contributed by atoms with Crippen molar-refractivity contribution in [1.82, 2.24) is 9.78 Å². The van der Waals surface area contributed by atoms with Gasteiger partial charge in [-0.2, -0.15) is 5.10 Å². The summed E-state index contributed by atoms with van der Waals surface area (Å²) in [6, 6.07) is 3.02. The summed E-state index contributed by atoms with van der Waals surface area (Å²) in [5, 5.41) is 8.91. The lowest BCUT2D eigenvalue weighted by Gasteiger charge is -2.29. The molecule has 172 valence electrons. The Kier molecular flexibility index (Phi) is 8.15. The average Bonchev–Trinajstić information content (AvgIpc) is 3.50. The first-order valence-corrected chi connectivity index (χ1v) is 11.4. The first-order chi connectivity index (χ1) is 15.4. The molecule has 1 amide bonds. The molecular formula is C22H27N3O6S. The van der Waals surface area contributed by atoms with Gasteiger partial charge in [-0.1, -0.05) is 18.9 Å². The molecule has 1 fully saturated rings. The number of ketones is 1. The zero-order valence-electron chi connectivity index (χ0n) is 18.1. The summed E-state index contributed by atoms with van der Waals surface area (Å²) in [5.41, 5.74) is 0.433. The molecule has 3 rings (SSSR count). The smallest absolute Gasteiger partial charge is 0.307 e. The van der Waals surface area contributed by atoms with Crippen molar-refractivity contribution in [3.05, 3.63) is 34.8 Å². The molecular weight excluding hydrogens is 434 g/mol. The molecule has 2 atom stereocenters. The number of ether oxygens (including phenoxy) is 2. The fourth-order valence-electron chi connectivity index (χ4n) is 4.01. The van der Waals surface area contributed by atoms with Crippen molar-refractivity contribution in [2.24, 2.45) is 11.8 Å². The molecule has 9 nitrogen and oxygen atoms in total. The van der Waals surface area contributed by atoms with Crippen LogP contribution in [-0.2, 0) is 23.9 Å². The number of carbonyl (C=O) groups is 4. The van der Waals surface area contributed by atoms with Gasteiger partial charge in [0.05, 0.1) is 49.9 Å². The Balaban J connectivity index is 1.71. The first-order valence-electron chi connectivity index (χ1n) is 10.5. The fraction of sp³-hybridized carbons (Fsp3) is 0.500. The second kappa shape index (κ2) is 11.0. The van der Waals surface area contributed by atoms with E-state index in [2.05, 4.69) is 10.4 Å². The molecule has 0 aliphatic heterocycles. The van der Waals surface area contributed by atoms with Crippen molar-refractivity contribution < 1.29 is 28.7 Å². The van der Waals surface area contributed by atoms with Gasteiger partial charge in [0.25, 0.3) is 0 Å². The largest absolute Gasteiger partial charge is 0.469 e. The van der Waals surface area contributed by atoms with Crippen LogP contribution in [0.1, 0.15) is 54.2 Å². The number of aromatic nitrogens is 2. The third-order valence-corrected chi connectivity index (χ3v) is 6.59. The second-order valence-corrected chi connectivity index (χ2v) is 8.70. The zero-order valence-corrected chi connectivity index (χ0v) is 18.9. The third-order valence-electron chi connectivity index (χ3n) is 5.71. The summed E-state index contributed by atoms with van der Waals surface area (Å²) in [5.74, 6) is -1.94. The normalized spacial score (nSPS) is 18.2. The lowest BCUT2D eigenvalue weighted by Crippen LogP contribution is -2.36. The van der Waals surface area contributed by atoms with Gasteiger partial charge in [0.2, 0.25) is 5.91 Å². The van der Waals surface area contributed by atoms with Gasteiger partial charge in [-0.25, -0.2) is 0 Å². The molecule has 0 saturated heterocycles. The van der Waals surface area contributed by atoms with E-state index in [9.17, 15) is 19.2 Å². The van der Waals surface area contributed by atoms with Crippen molar-refractivity contribution in [3.8, 4) is 0 Å². The maximum Gasteiger partial charge on any atom is 0.307 e. The van der Waals surface area contributed by atoms with E-state index in [1.54, 1.807) is 12.3 Å². The molecule has 0 aromatic carbocycles. The SMILES string of the molecule is COC(=O)CC(CC(=O)OC)n1cc(NC(=O)[C@@H]2CCCC[C@H]2C(=O)c2cccs2)cn1. The van der Waals surface area contributed by atoms with Gasteiger partial charge in [0, 0.05) is 18.0 Å². The third kappa shape index (κ3) is 5.82. The summed E-state index contributed by atoms with van der Waals surface area (Å²) in [6.07, 6.45) is 6.04. The van der Waals surface area contributed by atoms with Crippen LogP contribution in [0.2, 0.25) is 0 Å². The highest BCUT2D eigenvalue weighted by Gasteiger charge is 2.36. The second-order valence-electron chi connectivity index (χ2n) is 7.75. The van der Waals surface area contributed by atoms with Crippen LogP contribution < -0.4 is 5.32 Å². The molecule has 32 heavy (non-hydrogen) atoms. The minimum absolute atomic E-state index is 0.0202. The summed E-state index contributed by atoms with van der Waals surface area (Å²) >= 11 is 1.39. The van der Waals surface area contributed by atoms with Crippen LogP contribution in [0.4, 0.5) is 5.69 Å². The lowest BCUT2D eigenvalue weighted by atomic mass is 9.76. The van der Waals surface area contributed by atoms with Crippen LogP contribution in [0.3, 0.4) is 0 Å². The molecule has 0 radical (unpaired) electrons. The average molecular weight is 462 g/mol. The predicted octanol–water partition coefficient (Wildman–Crippen LogP) is 3.24. The number of methoxy groups -OCH3 is 2. The minimum atomic E-state index is -0.608. The molecule has 2 heterocycles. The molecule has 0 bridgehead atoms. The van der Waals surface area contributed by atoms with Crippen LogP contribution in [0, 0.1) is 11.8 Å². The Hall–Kier alpha value is -3.01. The minimum Gasteiger partial charge on any atom is -0.469 e. The van der Waals surface area contributed by atoms with E-state index >= 15 is 0 Å². The number of amides is 1. The Morgan fingerprint density at radius 2 is 1.78 bits per heavy atom. The number of rotatable bonds is 9. The molecule has 1 aliphatic rings. The van der Waals surface area contributed by atoms with E-state index in [4.69, 9.17) is 9.47 Å². The number of nitrogens with one attached hydrogen (secondary N) is 1. The van der Waals surface area contributed by atoms with Gasteiger partial charge in [-0.3, -0.25) is 23.9 Å². The van der Waals surface area contributed by atoms with Crippen LogP contribution >= 0.6 is 11.3 Å². The van der Waals surface area contributed by atoms with Crippen molar-refractivity contribution in [1.29, 1.82) is 0 Å². The number of nitrogens with zero attached hydrogens (tertiary/aromatic N) is 2. The lowest BCUT2D eigenvalue weighted by molar-refractivity contribution is -0.144. The van der Waals surface area contributed by atoms with Gasteiger partial charge in [-0.15, -0.1) is 11.3 Å². The first kappa shape index (κ1) is 23.6. The Morgan fingerprint density at radius 1 is 1.12 bits per heavy atom. The summed E-state index contributed by atoms with van der Waals surface area (Å²) < 4.78 is 10.8. The van der Waals surface area contributed by atoms with Gasteiger partial charge in [0.15, 0.2) is 5.78 Å². The predicted molar refractivity (Wildman–Crippen MR) is 117 cm³/mol. The highest BCUT2D eigenvalue weighted by molar-refractivity contribution is 7.12. The Bertz CT molecular complexity index is 937. The van der Waals surface area contributed by atoms with Crippen molar-refractivity contribution in [3.63, 3.8) is 0 Å². The van der Waals surface area contributed by atoms with E-state index in [0.29, 0.717) is 23.4 Å². The highest BCUT2D eigenvalue weighted by Crippen LogP contribution is 2.34. The van der Waals surface area contributed by atoms with E-state index in [-0.39, 0.29) is 30.4 Å². The van der Waals surface area contributed by atoms with Gasteiger partial charge in [0.1, 0.15) is 0 Å². The zero-order chi connectivity index (χ0) is 23.1. The number of hydrogen-bond acceptors (Lipinski definition) is 8. The maximum absolute atomic E-state index is 13.0. The van der Waals surface area contributed by atoms with Crippen molar-refractivity contribution >= 4 is 40.7 Å². The van der Waals surface area contributed by atoms with E-state index < -0.39 is 23.9 Å². The van der Waals surface area contributed by atoms with Gasteiger partial charge >= 0.3 is 11.9 Å². The molecule has 1 N–H and O–H groups in total. The fourth-order valence-corrected chi connectivity index (χ4v) is 4.74. The molecule has 0 unspecified atom stereocenters. The summed E-state index contributed by atoms with van der Waals surface area (Å²) in [6.45, 7) is 0.